The first-order chi connectivity index (χ1) is 34.3. The van der Waals surface area contributed by atoms with Crippen LogP contribution in [0, 0.1) is 0 Å². The van der Waals surface area contributed by atoms with E-state index in [1.165, 1.54) is 93.5 Å². The van der Waals surface area contributed by atoms with E-state index in [1.54, 1.807) is 0 Å². The molecule has 2 aliphatic rings. The van der Waals surface area contributed by atoms with Crippen LogP contribution in [-0.4, -0.2) is 0 Å². The summed E-state index contributed by atoms with van der Waals surface area (Å²) < 4.78 is 0. The topological polar surface area (TPSA) is 3.24 Å². The molecule has 0 aromatic heterocycles. The smallest absolute Gasteiger partial charge is 0.0728 e. The SMILES string of the molecule is c1ccc(-c2ccccc2N(c2ccc3c4ccccc4c4ccccc4c3c2)c2ccccc2C2(c3ccccc3)c3ccccc3C3(c4ccccc4)c4ccccc4-c4cccc2c43)cc1. The van der Waals surface area contributed by atoms with Gasteiger partial charge in [0.15, 0.2) is 0 Å². The molecule has 0 bridgehead atoms. The second-order valence-electron chi connectivity index (χ2n) is 18.6. The van der Waals surface area contributed by atoms with Gasteiger partial charge in [0, 0.05) is 11.3 Å². The van der Waals surface area contributed by atoms with Crippen LogP contribution in [0.5, 0.6) is 0 Å². The first kappa shape index (κ1) is 39.4. The van der Waals surface area contributed by atoms with E-state index < -0.39 is 10.8 Å². The van der Waals surface area contributed by atoms with Crippen molar-refractivity contribution in [3.63, 3.8) is 0 Å². The highest BCUT2D eigenvalue weighted by molar-refractivity contribution is 6.26. The molecular weight excluding hydrogens is 831 g/mol. The summed E-state index contributed by atoms with van der Waals surface area (Å²) >= 11 is 0. The highest BCUT2D eigenvalue weighted by atomic mass is 15.1. The van der Waals surface area contributed by atoms with Gasteiger partial charge in [-0.2, -0.15) is 0 Å². The molecule has 2 unspecified atom stereocenters. The fourth-order valence-electron chi connectivity index (χ4n) is 12.8. The molecule has 0 fully saturated rings. The molecule has 69 heavy (non-hydrogen) atoms. The van der Waals surface area contributed by atoms with Gasteiger partial charge >= 0.3 is 0 Å². The lowest BCUT2D eigenvalue weighted by Gasteiger charge is -2.50. The van der Waals surface area contributed by atoms with Crippen molar-refractivity contribution in [3.05, 3.63) is 317 Å². The highest BCUT2D eigenvalue weighted by Crippen LogP contribution is 2.66. The van der Waals surface area contributed by atoms with E-state index in [4.69, 9.17) is 0 Å². The summed E-state index contributed by atoms with van der Waals surface area (Å²) in [5, 5.41) is 7.52. The van der Waals surface area contributed by atoms with Gasteiger partial charge in [-0.05, 0) is 118 Å². The molecule has 2 aliphatic carbocycles. The maximum Gasteiger partial charge on any atom is 0.0728 e. The molecule has 322 valence electrons. The summed E-state index contributed by atoms with van der Waals surface area (Å²) in [6.07, 6.45) is 0. The zero-order valence-corrected chi connectivity index (χ0v) is 37.9. The molecule has 0 saturated heterocycles. The number of hydrogen-bond acceptors (Lipinski definition) is 1. The van der Waals surface area contributed by atoms with Crippen molar-refractivity contribution in [3.8, 4) is 22.3 Å². The number of fused-ring (bicyclic) bond motifs is 11. The molecule has 0 N–H and O–H groups in total. The molecule has 14 rings (SSSR count). The van der Waals surface area contributed by atoms with Gasteiger partial charge in [0.05, 0.1) is 22.2 Å². The van der Waals surface area contributed by atoms with Gasteiger partial charge in [0.2, 0.25) is 0 Å². The van der Waals surface area contributed by atoms with Crippen molar-refractivity contribution in [2.75, 3.05) is 4.90 Å². The van der Waals surface area contributed by atoms with E-state index >= 15 is 0 Å². The van der Waals surface area contributed by atoms with Crippen molar-refractivity contribution in [1.82, 2.24) is 0 Å². The summed E-state index contributed by atoms with van der Waals surface area (Å²) in [7, 11) is 0. The van der Waals surface area contributed by atoms with Crippen LogP contribution in [-0.2, 0) is 10.8 Å². The van der Waals surface area contributed by atoms with Crippen LogP contribution in [0.25, 0.3) is 54.6 Å². The van der Waals surface area contributed by atoms with Crippen molar-refractivity contribution < 1.29 is 0 Å². The number of benzene rings is 12. The van der Waals surface area contributed by atoms with E-state index in [2.05, 4.69) is 278 Å². The standard InChI is InChI=1S/C68H45N/c1-4-23-46(24-5-1)50-29-15-20-41-64(50)69(49-43-44-55-53-32-11-10-30-51(53)52-31-12-13-33-54(52)58(55)45-49)65-42-21-19-39-62(65)67(47-25-6-2-7-26-47)60-37-17-18-38-61(60)68(48-27-8-3-9-28-48)59-36-16-14-34-56(59)57-35-22-40-63(67)66(57)68/h1-45H. The summed E-state index contributed by atoms with van der Waals surface area (Å²) in [5.74, 6) is 0. The fourth-order valence-corrected chi connectivity index (χ4v) is 12.8. The Balaban J connectivity index is 1.14. The lowest BCUT2D eigenvalue weighted by atomic mass is 9.51. The van der Waals surface area contributed by atoms with Crippen LogP contribution in [0.1, 0.15) is 44.5 Å². The first-order valence-electron chi connectivity index (χ1n) is 24.1. The minimum absolute atomic E-state index is 0.546. The Morgan fingerprint density at radius 2 is 0.681 bits per heavy atom. The summed E-state index contributed by atoms with van der Waals surface area (Å²) in [6, 6.07) is 102. The predicted molar refractivity (Wildman–Crippen MR) is 288 cm³/mol. The lowest BCUT2D eigenvalue weighted by Crippen LogP contribution is -2.44. The van der Waals surface area contributed by atoms with E-state index in [0.717, 1.165) is 22.6 Å². The van der Waals surface area contributed by atoms with Gasteiger partial charge in [-0.25, -0.2) is 0 Å². The summed E-state index contributed by atoms with van der Waals surface area (Å²) in [6.45, 7) is 0. The highest BCUT2D eigenvalue weighted by Gasteiger charge is 2.58. The van der Waals surface area contributed by atoms with Crippen molar-refractivity contribution >= 4 is 49.4 Å². The lowest BCUT2D eigenvalue weighted by molar-refractivity contribution is 0.627. The fraction of sp³-hybridized carbons (Fsp3) is 0.0294. The van der Waals surface area contributed by atoms with Gasteiger partial charge in [-0.3, -0.25) is 0 Å². The second kappa shape index (κ2) is 15.4. The van der Waals surface area contributed by atoms with Crippen LogP contribution in [0.4, 0.5) is 17.1 Å². The third-order valence-corrected chi connectivity index (χ3v) is 15.4. The van der Waals surface area contributed by atoms with Gasteiger partial charge in [-0.15, -0.1) is 0 Å². The monoisotopic (exact) mass is 875 g/mol. The zero-order chi connectivity index (χ0) is 45.5. The van der Waals surface area contributed by atoms with Crippen molar-refractivity contribution in [1.29, 1.82) is 0 Å². The van der Waals surface area contributed by atoms with Crippen LogP contribution in [0.15, 0.2) is 273 Å². The van der Waals surface area contributed by atoms with E-state index in [0.29, 0.717) is 0 Å². The number of nitrogens with zero attached hydrogens (tertiary/aromatic N) is 1. The molecular formula is C68H45N. The van der Waals surface area contributed by atoms with Crippen LogP contribution >= 0.6 is 0 Å². The van der Waals surface area contributed by atoms with Gasteiger partial charge in [-0.1, -0.05) is 249 Å². The molecule has 0 aliphatic heterocycles. The molecule has 1 heteroatoms. The molecule has 1 nitrogen and oxygen atoms in total. The molecule has 2 atom stereocenters. The Morgan fingerprint density at radius 1 is 0.246 bits per heavy atom. The van der Waals surface area contributed by atoms with Crippen molar-refractivity contribution in [2.24, 2.45) is 0 Å². The first-order valence-corrected chi connectivity index (χ1v) is 24.1. The maximum atomic E-state index is 2.56. The quantitative estimate of drug-likeness (QED) is 0.144. The number of anilines is 3. The van der Waals surface area contributed by atoms with Gasteiger partial charge in [0.1, 0.15) is 0 Å². The second-order valence-corrected chi connectivity index (χ2v) is 18.6. The molecule has 12 aromatic carbocycles. The van der Waals surface area contributed by atoms with Crippen molar-refractivity contribution in [2.45, 2.75) is 10.8 Å². The van der Waals surface area contributed by atoms with Crippen LogP contribution in [0.2, 0.25) is 0 Å². The minimum Gasteiger partial charge on any atom is -0.310 e. The number of rotatable bonds is 7. The third-order valence-electron chi connectivity index (χ3n) is 15.4. The Labute approximate surface area is 402 Å². The van der Waals surface area contributed by atoms with Crippen LogP contribution < -0.4 is 4.90 Å². The zero-order valence-electron chi connectivity index (χ0n) is 37.9. The average molecular weight is 876 g/mol. The van der Waals surface area contributed by atoms with Gasteiger partial charge < -0.3 is 4.90 Å². The van der Waals surface area contributed by atoms with E-state index in [-0.39, 0.29) is 0 Å². The molecule has 0 radical (unpaired) electrons. The molecule has 0 spiro atoms. The Bertz CT molecular complexity index is 3930. The molecule has 12 aromatic rings. The Hall–Kier alpha value is -8.78. The molecule has 0 amide bonds. The Kier molecular flexibility index (Phi) is 8.78. The number of hydrogen-bond donors (Lipinski definition) is 0. The molecule has 0 saturated carbocycles. The average Bonchev–Trinajstić information content (AvgIpc) is 3.74. The third kappa shape index (κ3) is 5.47. The van der Waals surface area contributed by atoms with E-state index in [1.807, 2.05) is 0 Å². The maximum absolute atomic E-state index is 2.56. The van der Waals surface area contributed by atoms with E-state index in [9.17, 15) is 0 Å². The predicted octanol–water partition coefficient (Wildman–Crippen LogP) is 17.3. The summed E-state index contributed by atoms with van der Waals surface area (Å²) in [5.41, 5.74) is 17.2. The number of para-hydroxylation sites is 2. The largest absolute Gasteiger partial charge is 0.310 e. The summed E-state index contributed by atoms with van der Waals surface area (Å²) in [4.78, 5) is 2.56. The normalized spacial score (nSPS) is 16.5. The van der Waals surface area contributed by atoms with Gasteiger partial charge in [0.25, 0.3) is 0 Å². The minimum atomic E-state index is -0.764. The van der Waals surface area contributed by atoms with Crippen LogP contribution in [0.3, 0.4) is 0 Å². The Morgan fingerprint density at radius 3 is 1.33 bits per heavy atom. The molecule has 0 heterocycles.